The van der Waals surface area contributed by atoms with Crippen molar-refractivity contribution in [2.45, 2.75) is 13.3 Å². The summed E-state index contributed by atoms with van der Waals surface area (Å²) in [5.41, 5.74) is 6.31. The van der Waals surface area contributed by atoms with Gasteiger partial charge in [-0.15, -0.1) is 11.3 Å². The molecule has 0 amide bonds. The molecule has 0 aromatic carbocycles. The summed E-state index contributed by atoms with van der Waals surface area (Å²) in [6.45, 7) is 1.93. The standard InChI is InChI=1S/C11H11N5O2S/c1-6(17)10-9(13)7(4-12)11(19-10)14-3-2-8-15-5-16-18-8/h5,14H,2-3,13H2,1H3. The number of nitrogens with two attached hydrogens (primary N) is 1. The van der Waals surface area contributed by atoms with Crippen LogP contribution in [0.4, 0.5) is 10.7 Å². The quantitative estimate of drug-likeness (QED) is 0.794. The second-order valence-corrected chi connectivity index (χ2v) is 4.75. The largest absolute Gasteiger partial charge is 0.396 e. The van der Waals surface area contributed by atoms with E-state index in [0.29, 0.717) is 34.3 Å². The van der Waals surface area contributed by atoms with Crippen molar-refractivity contribution in [1.29, 1.82) is 5.26 Å². The van der Waals surface area contributed by atoms with Crippen LogP contribution in [0.3, 0.4) is 0 Å². The minimum Gasteiger partial charge on any atom is -0.396 e. The third kappa shape index (κ3) is 2.71. The molecular weight excluding hydrogens is 266 g/mol. The first-order chi connectivity index (χ1) is 9.13. The molecule has 7 nitrogen and oxygen atoms in total. The van der Waals surface area contributed by atoms with E-state index in [-0.39, 0.29) is 11.5 Å². The zero-order valence-electron chi connectivity index (χ0n) is 10.1. The maximum atomic E-state index is 11.4. The maximum Gasteiger partial charge on any atom is 0.228 e. The molecule has 2 aromatic rings. The number of aromatic nitrogens is 2. The summed E-state index contributed by atoms with van der Waals surface area (Å²) in [7, 11) is 0. The van der Waals surface area contributed by atoms with Gasteiger partial charge in [-0.2, -0.15) is 10.2 Å². The monoisotopic (exact) mass is 277 g/mol. The number of hydrogen-bond donors (Lipinski definition) is 2. The number of nitrogen functional groups attached to an aromatic ring is 1. The van der Waals surface area contributed by atoms with Gasteiger partial charge in [0.05, 0.1) is 10.6 Å². The lowest BCUT2D eigenvalue weighted by molar-refractivity contribution is 0.102. The van der Waals surface area contributed by atoms with Gasteiger partial charge in [0.15, 0.2) is 12.1 Å². The van der Waals surface area contributed by atoms with E-state index in [4.69, 9.17) is 15.5 Å². The molecule has 0 spiro atoms. The highest BCUT2D eigenvalue weighted by molar-refractivity contribution is 7.18. The number of nitrogens with zero attached hydrogens (tertiary/aromatic N) is 3. The van der Waals surface area contributed by atoms with Gasteiger partial charge in [0, 0.05) is 19.9 Å². The Balaban J connectivity index is 2.10. The van der Waals surface area contributed by atoms with Crippen molar-refractivity contribution in [3.63, 3.8) is 0 Å². The molecule has 2 rings (SSSR count). The molecule has 0 unspecified atom stereocenters. The van der Waals surface area contributed by atoms with Crippen LogP contribution in [0.15, 0.2) is 10.9 Å². The van der Waals surface area contributed by atoms with Crippen molar-refractivity contribution >= 4 is 27.8 Å². The van der Waals surface area contributed by atoms with Crippen molar-refractivity contribution in [3.05, 3.63) is 22.7 Å². The van der Waals surface area contributed by atoms with Crippen molar-refractivity contribution in [1.82, 2.24) is 10.1 Å². The number of thiophene rings is 1. The Morgan fingerprint density at radius 2 is 2.47 bits per heavy atom. The smallest absolute Gasteiger partial charge is 0.228 e. The van der Waals surface area contributed by atoms with Gasteiger partial charge in [0.25, 0.3) is 0 Å². The topological polar surface area (TPSA) is 118 Å². The van der Waals surface area contributed by atoms with Crippen molar-refractivity contribution in [2.24, 2.45) is 0 Å². The molecule has 0 fully saturated rings. The predicted octanol–water partition coefficient (Wildman–Crippen LogP) is 1.44. The fraction of sp³-hybridized carbons (Fsp3) is 0.273. The zero-order chi connectivity index (χ0) is 13.8. The van der Waals surface area contributed by atoms with Crippen molar-refractivity contribution in [2.75, 3.05) is 17.6 Å². The van der Waals surface area contributed by atoms with Gasteiger partial charge in [-0.3, -0.25) is 4.79 Å². The molecule has 0 aliphatic heterocycles. The molecule has 0 bridgehead atoms. The second-order valence-electron chi connectivity index (χ2n) is 3.73. The summed E-state index contributed by atoms with van der Waals surface area (Å²) in [6, 6.07) is 2.00. The van der Waals surface area contributed by atoms with E-state index < -0.39 is 0 Å². The van der Waals surface area contributed by atoms with E-state index in [9.17, 15) is 4.79 Å². The maximum absolute atomic E-state index is 11.4. The van der Waals surface area contributed by atoms with E-state index in [1.165, 1.54) is 24.6 Å². The third-order valence-electron chi connectivity index (χ3n) is 2.41. The van der Waals surface area contributed by atoms with Gasteiger partial charge >= 0.3 is 0 Å². The number of hydrogen-bond acceptors (Lipinski definition) is 8. The van der Waals surface area contributed by atoms with Gasteiger partial charge in [0.2, 0.25) is 5.89 Å². The van der Waals surface area contributed by atoms with Crippen LogP contribution in [0.2, 0.25) is 0 Å². The number of carbonyl (C=O) groups excluding carboxylic acids is 1. The highest BCUT2D eigenvalue weighted by Crippen LogP contribution is 2.35. The zero-order valence-corrected chi connectivity index (χ0v) is 11.0. The summed E-state index contributed by atoms with van der Waals surface area (Å²) >= 11 is 1.18. The van der Waals surface area contributed by atoms with Crippen LogP contribution in [-0.2, 0) is 6.42 Å². The highest BCUT2D eigenvalue weighted by atomic mass is 32.1. The lowest BCUT2D eigenvalue weighted by Crippen LogP contribution is -2.05. The van der Waals surface area contributed by atoms with Gasteiger partial charge < -0.3 is 15.6 Å². The molecule has 0 radical (unpaired) electrons. The number of Topliss-reactive ketones (excluding diaryl/α,β-unsaturated/α-hetero) is 1. The molecular formula is C11H11N5O2S. The normalized spacial score (nSPS) is 10.1. The molecule has 19 heavy (non-hydrogen) atoms. The molecule has 0 aliphatic rings. The predicted molar refractivity (Wildman–Crippen MR) is 69.9 cm³/mol. The Labute approximate surface area is 113 Å². The molecule has 2 aromatic heterocycles. The van der Waals surface area contributed by atoms with E-state index >= 15 is 0 Å². The van der Waals surface area contributed by atoms with Crippen LogP contribution in [0.25, 0.3) is 0 Å². The van der Waals surface area contributed by atoms with Crippen LogP contribution in [0.1, 0.15) is 28.0 Å². The van der Waals surface area contributed by atoms with Crippen molar-refractivity contribution in [3.8, 4) is 6.07 Å². The number of carbonyl (C=O) groups is 1. The molecule has 8 heteroatoms. The van der Waals surface area contributed by atoms with Crippen LogP contribution in [-0.4, -0.2) is 22.5 Å². The first-order valence-corrected chi connectivity index (χ1v) is 6.27. The Morgan fingerprint density at radius 3 is 3.05 bits per heavy atom. The number of anilines is 2. The fourth-order valence-corrected chi connectivity index (χ4v) is 2.52. The molecule has 3 N–H and O–H groups in total. The summed E-state index contributed by atoms with van der Waals surface area (Å²) in [5, 5.41) is 16.2. The first-order valence-electron chi connectivity index (χ1n) is 5.46. The van der Waals surface area contributed by atoms with Crippen molar-refractivity contribution < 1.29 is 9.32 Å². The van der Waals surface area contributed by atoms with E-state index in [1.807, 2.05) is 6.07 Å². The Bertz CT molecular complexity index is 626. The van der Waals surface area contributed by atoms with Crippen LogP contribution in [0, 0.1) is 11.3 Å². The van der Waals surface area contributed by atoms with Gasteiger partial charge in [-0.1, -0.05) is 5.16 Å². The van der Waals surface area contributed by atoms with E-state index in [2.05, 4.69) is 15.5 Å². The van der Waals surface area contributed by atoms with Gasteiger partial charge in [0.1, 0.15) is 16.6 Å². The third-order valence-corrected chi connectivity index (χ3v) is 3.67. The Kier molecular flexibility index (Phi) is 3.77. The molecule has 0 saturated carbocycles. The van der Waals surface area contributed by atoms with Gasteiger partial charge in [-0.25, -0.2) is 0 Å². The average molecular weight is 277 g/mol. The Hall–Kier alpha value is -2.40. The lowest BCUT2D eigenvalue weighted by Gasteiger charge is -2.01. The molecule has 0 atom stereocenters. The lowest BCUT2D eigenvalue weighted by atomic mass is 10.2. The number of rotatable bonds is 5. The van der Waals surface area contributed by atoms with E-state index in [1.54, 1.807) is 0 Å². The summed E-state index contributed by atoms with van der Waals surface area (Å²) < 4.78 is 4.85. The fourth-order valence-electron chi connectivity index (χ4n) is 1.53. The number of nitrogens with one attached hydrogen (secondary N) is 1. The summed E-state index contributed by atoms with van der Waals surface area (Å²) in [5.74, 6) is 0.353. The highest BCUT2D eigenvalue weighted by Gasteiger charge is 2.18. The summed E-state index contributed by atoms with van der Waals surface area (Å²) in [6.07, 6.45) is 1.85. The minimum atomic E-state index is -0.149. The Morgan fingerprint density at radius 1 is 1.68 bits per heavy atom. The first kappa shape index (κ1) is 13.0. The number of ketones is 1. The second kappa shape index (κ2) is 5.49. The van der Waals surface area contributed by atoms with Crippen LogP contribution < -0.4 is 11.1 Å². The summed E-state index contributed by atoms with van der Waals surface area (Å²) in [4.78, 5) is 15.7. The molecule has 2 heterocycles. The van der Waals surface area contributed by atoms with Crippen LogP contribution in [0.5, 0.6) is 0 Å². The van der Waals surface area contributed by atoms with E-state index in [0.717, 1.165) is 0 Å². The molecule has 98 valence electrons. The SMILES string of the molecule is CC(=O)c1sc(NCCc2ncno2)c(C#N)c1N. The number of nitriles is 1. The van der Waals surface area contributed by atoms with Crippen LogP contribution >= 0.6 is 11.3 Å². The minimum absolute atomic E-state index is 0.149. The average Bonchev–Trinajstić information content (AvgIpc) is 2.97. The molecule has 0 aliphatic carbocycles. The molecule has 0 saturated heterocycles. The van der Waals surface area contributed by atoms with Gasteiger partial charge in [-0.05, 0) is 0 Å².